The summed E-state index contributed by atoms with van der Waals surface area (Å²) in [6, 6.07) is 12.2. The number of amidine groups is 1. The van der Waals surface area contributed by atoms with Crippen LogP contribution < -0.4 is 16.2 Å². The lowest BCUT2D eigenvalue weighted by Gasteiger charge is -2.19. The lowest BCUT2D eigenvalue weighted by molar-refractivity contribution is 0.627. The third-order valence-electron chi connectivity index (χ3n) is 3.78. The Balaban J connectivity index is 1.49. The van der Waals surface area contributed by atoms with E-state index < -0.39 is 0 Å². The van der Waals surface area contributed by atoms with Crippen LogP contribution >= 0.6 is 0 Å². The van der Waals surface area contributed by atoms with Gasteiger partial charge < -0.3 is 5.32 Å². The van der Waals surface area contributed by atoms with Crippen LogP contribution in [0.4, 0.5) is 26.2 Å². The van der Waals surface area contributed by atoms with Gasteiger partial charge in [0.2, 0.25) is 5.95 Å². The Bertz CT molecular complexity index is 954. The average Bonchev–Trinajstić information content (AvgIpc) is 2.67. The Morgan fingerprint density at radius 3 is 2.31 bits per heavy atom. The van der Waals surface area contributed by atoms with Crippen LogP contribution in [0.25, 0.3) is 0 Å². The van der Waals surface area contributed by atoms with Crippen LogP contribution in [0, 0.1) is 11.6 Å². The molecule has 1 aliphatic heterocycles. The average molecular weight is 352 g/mol. The number of nitrogens with zero attached hydrogens (tertiary/aromatic N) is 3. The van der Waals surface area contributed by atoms with Crippen molar-refractivity contribution in [1.29, 1.82) is 0 Å². The quantitative estimate of drug-likeness (QED) is 0.671. The minimum Gasteiger partial charge on any atom is -0.350 e. The maximum atomic E-state index is 13.0. The maximum Gasteiger partial charge on any atom is 0.225 e. The summed E-state index contributed by atoms with van der Waals surface area (Å²) in [7, 11) is 0. The number of nitrogens with one attached hydrogen (secondary N) is 3. The van der Waals surface area contributed by atoms with Gasteiger partial charge in [-0.3, -0.25) is 10.9 Å². The zero-order chi connectivity index (χ0) is 17.9. The van der Waals surface area contributed by atoms with E-state index >= 15 is 0 Å². The largest absolute Gasteiger partial charge is 0.350 e. The molecule has 2 aromatic carbocycles. The van der Waals surface area contributed by atoms with Crippen LogP contribution in [-0.4, -0.2) is 15.8 Å². The molecule has 3 aromatic rings. The number of hydrazine groups is 1. The second kappa shape index (κ2) is 6.75. The number of aromatic nitrogens is 2. The van der Waals surface area contributed by atoms with Crippen LogP contribution in [0.15, 0.2) is 59.7 Å². The van der Waals surface area contributed by atoms with Crippen molar-refractivity contribution in [2.75, 3.05) is 10.7 Å². The molecule has 26 heavy (non-hydrogen) atoms. The van der Waals surface area contributed by atoms with Crippen molar-refractivity contribution in [3.63, 3.8) is 0 Å². The number of halogens is 2. The van der Waals surface area contributed by atoms with E-state index in [1.54, 1.807) is 30.5 Å². The van der Waals surface area contributed by atoms with Gasteiger partial charge in [-0.1, -0.05) is 12.1 Å². The summed E-state index contributed by atoms with van der Waals surface area (Å²) in [4.78, 5) is 13.0. The number of hydrogen-bond donors (Lipinski definition) is 3. The summed E-state index contributed by atoms with van der Waals surface area (Å²) >= 11 is 0. The van der Waals surface area contributed by atoms with Gasteiger partial charge in [0.05, 0.1) is 6.20 Å². The SMILES string of the molecule is Fc1ccc(CNc2ncc3c(n2)NNC(c2ccc(F)cc2)=N3)cc1. The molecule has 0 fully saturated rings. The van der Waals surface area contributed by atoms with Gasteiger partial charge in [0.25, 0.3) is 0 Å². The maximum absolute atomic E-state index is 13.0. The van der Waals surface area contributed by atoms with Crippen molar-refractivity contribution in [1.82, 2.24) is 15.4 Å². The minimum atomic E-state index is -0.307. The predicted octanol–water partition coefficient (Wildman–Crippen LogP) is 3.38. The predicted molar refractivity (Wildman–Crippen MR) is 95.1 cm³/mol. The summed E-state index contributed by atoms with van der Waals surface area (Å²) < 4.78 is 26.0. The van der Waals surface area contributed by atoms with Gasteiger partial charge in [0.1, 0.15) is 17.3 Å². The number of fused-ring (bicyclic) bond motifs is 1. The van der Waals surface area contributed by atoms with E-state index in [-0.39, 0.29) is 11.6 Å². The van der Waals surface area contributed by atoms with Gasteiger partial charge in [-0.2, -0.15) is 4.98 Å². The summed E-state index contributed by atoms with van der Waals surface area (Å²) in [6.07, 6.45) is 1.59. The minimum absolute atomic E-state index is 0.274. The second-order valence-electron chi connectivity index (χ2n) is 5.62. The first kappa shape index (κ1) is 15.9. The van der Waals surface area contributed by atoms with Gasteiger partial charge in [-0.15, -0.1) is 0 Å². The first-order chi connectivity index (χ1) is 12.7. The van der Waals surface area contributed by atoms with Crippen molar-refractivity contribution in [2.24, 2.45) is 4.99 Å². The van der Waals surface area contributed by atoms with Crippen molar-refractivity contribution < 1.29 is 8.78 Å². The fourth-order valence-corrected chi connectivity index (χ4v) is 2.43. The number of aliphatic imine (C=N–C) groups is 1. The van der Waals surface area contributed by atoms with Crippen LogP contribution in [-0.2, 0) is 6.54 Å². The Morgan fingerprint density at radius 1 is 0.885 bits per heavy atom. The van der Waals surface area contributed by atoms with Gasteiger partial charge >= 0.3 is 0 Å². The number of rotatable bonds is 4. The highest BCUT2D eigenvalue weighted by molar-refractivity contribution is 6.03. The summed E-state index contributed by atoms with van der Waals surface area (Å²) in [6.45, 7) is 0.469. The summed E-state index contributed by atoms with van der Waals surface area (Å²) in [5.41, 5.74) is 8.11. The molecule has 0 bridgehead atoms. The standard InChI is InChI=1S/C18H14F2N6/c19-13-5-1-11(2-6-13)9-21-18-22-10-15-17(24-18)26-25-16(23-15)12-3-7-14(20)8-4-12/h1-8,10H,9H2,(H,23,25)(H2,21,22,24,26). The molecule has 0 amide bonds. The highest BCUT2D eigenvalue weighted by atomic mass is 19.1. The smallest absolute Gasteiger partial charge is 0.225 e. The lowest BCUT2D eigenvalue weighted by Crippen LogP contribution is -2.33. The first-order valence-electron chi connectivity index (χ1n) is 7.89. The molecule has 8 heteroatoms. The van der Waals surface area contributed by atoms with Crippen molar-refractivity contribution in [3.8, 4) is 0 Å². The van der Waals surface area contributed by atoms with E-state index in [0.29, 0.717) is 29.8 Å². The highest BCUT2D eigenvalue weighted by Gasteiger charge is 2.15. The molecule has 130 valence electrons. The molecule has 2 heterocycles. The molecular formula is C18H14F2N6. The molecule has 0 atom stereocenters. The summed E-state index contributed by atoms with van der Waals surface area (Å²) in [5.74, 6) is 0.908. The van der Waals surface area contributed by atoms with Crippen LogP contribution in [0.2, 0.25) is 0 Å². The molecule has 0 saturated heterocycles. The number of hydrogen-bond acceptors (Lipinski definition) is 6. The zero-order valence-corrected chi connectivity index (χ0v) is 13.5. The van der Waals surface area contributed by atoms with Crippen molar-refractivity contribution >= 4 is 23.3 Å². The molecule has 0 spiro atoms. The Kier molecular flexibility index (Phi) is 4.14. The molecule has 0 aliphatic carbocycles. The van der Waals surface area contributed by atoms with Gasteiger partial charge in [-0.25, -0.2) is 18.8 Å². The number of benzene rings is 2. The number of anilines is 2. The van der Waals surface area contributed by atoms with E-state index in [1.807, 2.05) is 0 Å². The van der Waals surface area contributed by atoms with Crippen LogP contribution in [0.5, 0.6) is 0 Å². The first-order valence-corrected chi connectivity index (χ1v) is 7.89. The van der Waals surface area contributed by atoms with E-state index in [0.717, 1.165) is 11.1 Å². The van der Waals surface area contributed by atoms with E-state index in [9.17, 15) is 8.78 Å². The van der Waals surface area contributed by atoms with Crippen LogP contribution in [0.1, 0.15) is 11.1 Å². The molecule has 6 nitrogen and oxygen atoms in total. The topological polar surface area (TPSA) is 74.2 Å². The molecular weight excluding hydrogens is 338 g/mol. The molecule has 0 unspecified atom stereocenters. The monoisotopic (exact) mass is 352 g/mol. The third-order valence-corrected chi connectivity index (χ3v) is 3.78. The Labute approximate surface area is 148 Å². The molecule has 0 radical (unpaired) electrons. The second-order valence-corrected chi connectivity index (χ2v) is 5.62. The highest BCUT2D eigenvalue weighted by Crippen LogP contribution is 2.26. The Hall–Kier alpha value is -3.55. The van der Waals surface area contributed by atoms with Crippen LogP contribution in [0.3, 0.4) is 0 Å². The molecule has 1 aromatic heterocycles. The van der Waals surface area contributed by atoms with E-state index in [2.05, 4.69) is 31.1 Å². The van der Waals surface area contributed by atoms with Crippen molar-refractivity contribution in [3.05, 3.63) is 77.5 Å². The molecule has 1 aliphatic rings. The fraction of sp³-hybridized carbons (Fsp3) is 0.0556. The normalized spacial score (nSPS) is 12.5. The van der Waals surface area contributed by atoms with Gasteiger partial charge in [0.15, 0.2) is 11.7 Å². The molecule has 4 rings (SSSR count). The van der Waals surface area contributed by atoms with Gasteiger partial charge in [0, 0.05) is 12.1 Å². The third kappa shape index (κ3) is 3.44. The zero-order valence-electron chi connectivity index (χ0n) is 13.5. The summed E-state index contributed by atoms with van der Waals surface area (Å²) in [5, 5.41) is 3.08. The Morgan fingerprint density at radius 2 is 1.58 bits per heavy atom. The molecule has 0 saturated carbocycles. The van der Waals surface area contributed by atoms with E-state index in [4.69, 9.17) is 0 Å². The van der Waals surface area contributed by atoms with Gasteiger partial charge in [-0.05, 0) is 42.0 Å². The molecule has 3 N–H and O–H groups in total. The van der Waals surface area contributed by atoms with Crippen molar-refractivity contribution in [2.45, 2.75) is 6.54 Å². The van der Waals surface area contributed by atoms with E-state index in [1.165, 1.54) is 24.3 Å². The lowest BCUT2D eigenvalue weighted by atomic mass is 10.2. The fourth-order valence-electron chi connectivity index (χ4n) is 2.43.